The van der Waals surface area contributed by atoms with E-state index < -0.39 is 29.9 Å². The Balaban J connectivity index is 1.48. The van der Waals surface area contributed by atoms with Gasteiger partial charge in [0.25, 0.3) is 0 Å². The fourth-order valence-corrected chi connectivity index (χ4v) is 4.36. The van der Waals surface area contributed by atoms with Crippen molar-refractivity contribution in [1.82, 2.24) is 0 Å². The molecule has 2 heterocycles. The first kappa shape index (κ1) is 21.9. The van der Waals surface area contributed by atoms with Crippen LogP contribution in [0.1, 0.15) is 22.8 Å². The molecule has 0 aliphatic carbocycles. The van der Waals surface area contributed by atoms with Crippen molar-refractivity contribution in [2.75, 3.05) is 19.5 Å². The molecule has 0 spiro atoms. The molecule has 2 fully saturated rings. The van der Waals surface area contributed by atoms with E-state index in [1.807, 2.05) is 30.3 Å². The van der Waals surface area contributed by atoms with E-state index in [4.69, 9.17) is 25.8 Å². The highest BCUT2D eigenvalue weighted by molar-refractivity contribution is 7.99. The predicted molar refractivity (Wildman–Crippen MR) is 115 cm³/mol. The van der Waals surface area contributed by atoms with Crippen LogP contribution in [-0.2, 0) is 15.9 Å². The zero-order valence-corrected chi connectivity index (χ0v) is 18.1. The number of rotatable bonds is 7. The summed E-state index contributed by atoms with van der Waals surface area (Å²) in [6.07, 6.45) is -1.82. The maximum absolute atomic E-state index is 10.4. The number of thioether (sulfide) groups is 1. The van der Waals surface area contributed by atoms with Gasteiger partial charge in [-0.2, -0.15) is 0 Å². The van der Waals surface area contributed by atoms with Crippen LogP contribution in [0, 0.1) is 0 Å². The first-order valence-corrected chi connectivity index (χ1v) is 11.5. The van der Waals surface area contributed by atoms with Crippen molar-refractivity contribution in [1.29, 1.82) is 0 Å². The van der Waals surface area contributed by atoms with Crippen LogP contribution in [0.2, 0.25) is 5.02 Å². The number of benzene rings is 2. The van der Waals surface area contributed by atoms with Crippen molar-refractivity contribution in [3.05, 3.63) is 64.2 Å². The van der Waals surface area contributed by atoms with E-state index in [1.54, 1.807) is 18.4 Å². The molecule has 0 saturated carbocycles. The predicted octanol–water partition coefficient (Wildman–Crippen LogP) is 2.55. The third-order valence-corrected chi connectivity index (χ3v) is 6.58. The van der Waals surface area contributed by atoms with Crippen molar-refractivity contribution in [2.24, 2.45) is 0 Å². The van der Waals surface area contributed by atoms with Gasteiger partial charge in [-0.3, -0.25) is 0 Å². The molecule has 6 nitrogen and oxygen atoms in total. The van der Waals surface area contributed by atoms with Crippen molar-refractivity contribution < 1.29 is 29.5 Å². The molecule has 30 heavy (non-hydrogen) atoms. The van der Waals surface area contributed by atoms with Gasteiger partial charge in [-0.05, 0) is 47.6 Å². The van der Waals surface area contributed by atoms with E-state index in [1.165, 1.54) is 11.8 Å². The van der Waals surface area contributed by atoms with E-state index in [0.717, 1.165) is 23.5 Å². The van der Waals surface area contributed by atoms with Gasteiger partial charge >= 0.3 is 0 Å². The zero-order valence-electron chi connectivity index (χ0n) is 16.5. The lowest BCUT2D eigenvalue weighted by Gasteiger charge is -2.40. The highest BCUT2D eigenvalue weighted by atomic mass is 35.5. The molecular formula is C22H25ClO6S. The number of aliphatic hydroxyl groups excluding tert-OH is 3. The van der Waals surface area contributed by atoms with Crippen LogP contribution >= 0.6 is 23.4 Å². The Labute approximate surface area is 184 Å². The highest BCUT2D eigenvalue weighted by Gasteiger charge is 2.44. The monoisotopic (exact) mass is 452 g/mol. The van der Waals surface area contributed by atoms with Gasteiger partial charge in [0.05, 0.1) is 6.61 Å². The molecular weight excluding hydrogens is 428 g/mol. The first-order chi connectivity index (χ1) is 14.5. The topological polar surface area (TPSA) is 91.7 Å². The lowest BCUT2D eigenvalue weighted by Crippen LogP contribution is -2.52. The Morgan fingerprint density at radius 2 is 1.80 bits per heavy atom. The molecule has 0 radical (unpaired) electrons. The van der Waals surface area contributed by atoms with Crippen LogP contribution in [0.3, 0.4) is 0 Å². The quantitative estimate of drug-likeness (QED) is 0.556. The number of epoxide rings is 1. The molecule has 4 rings (SSSR count). The minimum atomic E-state index is -1.28. The van der Waals surface area contributed by atoms with Gasteiger partial charge < -0.3 is 29.5 Å². The first-order valence-electron chi connectivity index (χ1n) is 9.80. The van der Waals surface area contributed by atoms with E-state index in [-0.39, 0.29) is 6.10 Å². The molecule has 2 saturated heterocycles. The highest BCUT2D eigenvalue weighted by Crippen LogP contribution is 2.37. The van der Waals surface area contributed by atoms with Crippen LogP contribution < -0.4 is 4.74 Å². The van der Waals surface area contributed by atoms with Crippen LogP contribution in [-0.4, -0.2) is 64.6 Å². The van der Waals surface area contributed by atoms with Gasteiger partial charge in [-0.25, -0.2) is 0 Å². The Kier molecular flexibility index (Phi) is 6.89. The van der Waals surface area contributed by atoms with Crippen molar-refractivity contribution >= 4 is 23.4 Å². The average molecular weight is 453 g/mol. The lowest BCUT2D eigenvalue weighted by atomic mass is 9.92. The second-order valence-electron chi connectivity index (χ2n) is 7.57. The molecule has 2 aliphatic heterocycles. The molecule has 0 aromatic heterocycles. The van der Waals surface area contributed by atoms with Crippen LogP contribution in [0.5, 0.6) is 5.75 Å². The number of hydrogen-bond acceptors (Lipinski definition) is 7. The van der Waals surface area contributed by atoms with Gasteiger partial charge in [0.15, 0.2) is 0 Å². The van der Waals surface area contributed by atoms with Crippen molar-refractivity contribution in [3.8, 4) is 5.75 Å². The van der Waals surface area contributed by atoms with Crippen LogP contribution in [0.15, 0.2) is 42.5 Å². The number of aliphatic hydroxyl groups is 3. The summed E-state index contributed by atoms with van der Waals surface area (Å²) in [6.45, 7) is 1.33. The Hall–Kier alpha value is -1.32. The van der Waals surface area contributed by atoms with Crippen LogP contribution in [0.4, 0.5) is 0 Å². The zero-order chi connectivity index (χ0) is 21.3. The second kappa shape index (κ2) is 9.44. The third kappa shape index (κ3) is 4.94. The molecule has 2 aromatic carbocycles. The fourth-order valence-electron chi connectivity index (χ4n) is 3.50. The average Bonchev–Trinajstić information content (AvgIpc) is 3.58. The van der Waals surface area contributed by atoms with Gasteiger partial charge in [-0.1, -0.05) is 35.9 Å². The molecule has 5 unspecified atom stereocenters. The normalized spacial score (nSPS) is 30.8. The lowest BCUT2D eigenvalue weighted by molar-refractivity contribution is -0.200. The van der Waals surface area contributed by atoms with Gasteiger partial charge in [0.2, 0.25) is 0 Å². The summed E-state index contributed by atoms with van der Waals surface area (Å²) in [5.41, 5.74) is 2.02. The van der Waals surface area contributed by atoms with E-state index in [9.17, 15) is 15.3 Å². The van der Waals surface area contributed by atoms with Crippen LogP contribution in [0.25, 0.3) is 0 Å². The summed E-state index contributed by atoms with van der Waals surface area (Å²) in [5, 5.41) is 31.3. The van der Waals surface area contributed by atoms with Gasteiger partial charge in [0, 0.05) is 5.02 Å². The summed E-state index contributed by atoms with van der Waals surface area (Å²) >= 11 is 7.71. The second-order valence-corrected chi connectivity index (χ2v) is 8.91. The summed E-state index contributed by atoms with van der Waals surface area (Å²) in [6, 6.07) is 13.2. The molecule has 6 atom stereocenters. The molecule has 3 N–H and O–H groups in total. The summed E-state index contributed by atoms with van der Waals surface area (Å²) in [5.74, 6) is 0.795. The molecule has 2 aromatic rings. The van der Waals surface area contributed by atoms with E-state index >= 15 is 0 Å². The van der Waals surface area contributed by atoms with Gasteiger partial charge in [0.1, 0.15) is 48.3 Å². The number of ether oxygens (including phenoxy) is 3. The minimum absolute atomic E-state index is 0.217. The molecule has 162 valence electrons. The maximum Gasteiger partial charge on any atom is 0.132 e. The van der Waals surface area contributed by atoms with E-state index in [0.29, 0.717) is 23.6 Å². The van der Waals surface area contributed by atoms with E-state index in [2.05, 4.69) is 0 Å². The fraction of sp³-hybridized carbons (Fsp3) is 0.455. The summed E-state index contributed by atoms with van der Waals surface area (Å²) in [4.78, 5) is 0. The largest absolute Gasteiger partial charge is 0.491 e. The van der Waals surface area contributed by atoms with Gasteiger partial charge in [-0.15, -0.1) is 11.8 Å². The maximum atomic E-state index is 10.4. The van der Waals surface area contributed by atoms with Crippen molar-refractivity contribution in [3.63, 3.8) is 0 Å². The molecule has 8 heteroatoms. The minimum Gasteiger partial charge on any atom is -0.491 e. The summed E-state index contributed by atoms with van der Waals surface area (Å²) in [7, 11) is 0. The number of hydrogen-bond donors (Lipinski definition) is 3. The third-order valence-electron chi connectivity index (χ3n) is 5.36. The standard InChI is InChI=1S/C22H25ClO6S/c1-30-22-20(26)18(24)19(25)21(29-22)13-4-7-17(23)14(9-13)8-12-2-5-15(6-3-12)27-10-16-11-28-16/h2-7,9,16,18-22,24-26H,8,10-11H2,1H3/t16-,18?,19?,20?,21?,22?/m1/s1. The Morgan fingerprint density at radius 1 is 1.07 bits per heavy atom. The van der Waals surface area contributed by atoms with Crippen molar-refractivity contribution in [2.45, 2.75) is 42.4 Å². The molecule has 0 amide bonds. The molecule has 2 aliphatic rings. The number of halogens is 1. The molecule has 0 bridgehead atoms. The Morgan fingerprint density at radius 3 is 2.47 bits per heavy atom. The Bertz CT molecular complexity index is 857. The summed E-state index contributed by atoms with van der Waals surface area (Å²) < 4.78 is 16.7. The smallest absolute Gasteiger partial charge is 0.132 e. The SMILES string of the molecule is CSC1OC(c2ccc(Cl)c(Cc3ccc(OC[C@@H]4CO4)cc3)c2)C(O)C(O)C1O.